The van der Waals surface area contributed by atoms with E-state index in [2.05, 4.69) is 4.98 Å². The molecule has 7 nitrogen and oxygen atoms in total. The number of aromatic nitrogens is 2. The van der Waals surface area contributed by atoms with Crippen LogP contribution < -0.4 is 19.1 Å². The van der Waals surface area contributed by atoms with Crippen LogP contribution in [0.25, 0.3) is 10.2 Å². The van der Waals surface area contributed by atoms with E-state index in [0.717, 1.165) is 21.5 Å². The van der Waals surface area contributed by atoms with Crippen molar-refractivity contribution in [3.63, 3.8) is 0 Å². The lowest BCUT2D eigenvalue weighted by Gasteiger charge is -2.22. The van der Waals surface area contributed by atoms with E-state index >= 15 is 0 Å². The van der Waals surface area contributed by atoms with Gasteiger partial charge in [0.25, 0.3) is 5.91 Å². The maximum absolute atomic E-state index is 14.0. The Labute approximate surface area is 209 Å². The molecule has 2 heterocycles. The molecular formula is C27H29N3O4S. The molecular weight excluding hydrogens is 462 g/mol. The normalized spacial score (nSPS) is 10.9. The number of fused-ring (bicyclic) bond motifs is 1. The third-order valence-corrected chi connectivity index (χ3v) is 6.33. The van der Waals surface area contributed by atoms with Crippen molar-refractivity contribution in [3.8, 4) is 17.2 Å². The molecule has 0 saturated heterocycles. The van der Waals surface area contributed by atoms with Gasteiger partial charge in [-0.2, -0.15) is 0 Å². The van der Waals surface area contributed by atoms with Crippen LogP contribution in [-0.4, -0.2) is 35.7 Å². The lowest BCUT2D eigenvalue weighted by Crippen LogP contribution is -2.30. The van der Waals surface area contributed by atoms with Crippen LogP contribution in [0.2, 0.25) is 0 Å². The Morgan fingerprint density at radius 2 is 1.66 bits per heavy atom. The first-order valence-electron chi connectivity index (χ1n) is 11.7. The molecule has 4 aromatic rings. The molecule has 0 aliphatic heterocycles. The molecule has 1 amide bonds. The van der Waals surface area contributed by atoms with Crippen LogP contribution >= 0.6 is 11.3 Å². The highest BCUT2D eigenvalue weighted by Gasteiger charge is 2.26. The number of thiazole rings is 1. The summed E-state index contributed by atoms with van der Waals surface area (Å²) in [6.07, 6.45) is 1.72. The lowest BCUT2D eigenvalue weighted by atomic mass is 10.1. The Balaban J connectivity index is 1.82. The summed E-state index contributed by atoms with van der Waals surface area (Å²) < 4.78 is 18.5. The fourth-order valence-electron chi connectivity index (χ4n) is 3.74. The number of para-hydroxylation sites is 1. The van der Waals surface area contributed by atoms with E-state index in [1.54, 1.807) is 23.2 Å². The number of amides is 1. The summed E-state index contributed by atoms with van der Waals surface area (Å²) in [6.45, 7) is 9.28. The average molecular weight is 492 g/mol. The van der Waals surface area contributed by atoms with E-state index in [-0.39, 0.29) is 12.5 Å². The number of hydrogen-bond acceptors (Lipinski definition) is 7. The van der Waals surface area contributed by atoms with E-state index in [9.17, 15) is 4.79 Å². The van der Waals surface area contributed by atoms with Crippen molar-refractivity contribution in [3.05, 3.63) is 71.5 Å². The Kier molecular flexibility index (Phi) is 7.82. The molecule has 0 unspecified atom stereocenters. The molecule has 0 atom stereocenters. The van der Waals surface area contributed by atoms with Crippen LogP contribution in [0.3, 0.4) is 0 Å². The quantitative estimate of drug-likeness (QED) is 0.269. The highest BCUT2D eigenvalue weighted by molar-refractivity contribution is 7.22. The molecule has 0 radical (unpaired) electrons. The predicted octanol–water partition coefficient (Wildman–Crippen LogP) is 6.04. The first-order valence-corrected chi connectivity index (χ1v) is 12.5. The topological polar surface area (TPSA) is 73.8 Å². The minimum absolute atomic E-state index is 0.225. The molecule has 0 N–H and O–H groups in total. The van der Waals surface area contributed by atoms with Gasteiger partial charge in [0, 0.05) is 11.8 Å². The fraction of sp³-hybridized carbons (Fsp3) is 0.296. The molecule has 182 valence electrons. The van der Waals surface area contributed by atoms with Gasteiger partial charge in [-0.1, -0.05) is 29.5 Å². The van der Waals surface area contributed by atoms with Crippen LogP contribution in [0.1, 0.15) is 42.4 Å². The van der Waals surface area contributed by atoms with Gasteiger partial charge >= 0.3 is 0 Å². The number of pyridine rings is 1. The third kappa shape index (κ3) is 5.38. The summed E-state index contributed by atoms with van der Waals surface area (Å²) in [5, 5.41) is 0.606. The SMILES string of the molecule is CCOc1cc(C(=O)N(Cc2ccccn2)c2nc3c(C)cccc3s2)cc(OCC)c1OCC. The highest BCUT2D eigenvalue weighted by atomic mass is 32.1. The second-order valence-electron chi connectivity index (χ2n) is 7.73. The molecule has 8 heteroatoms. The van der Waals surface area contributed by atoms with Gasteiger partial charge in [0.1, 0.15) is 0 Å². The molecule has 0 aliphatic carbocycles. The van der Waals surface area contributed by atoms with Gasteiger partial charge in [-0.25, -0.2) is 4.98 Å². The summed E-state index contributed by atoms with van der Waals surface area (Å²) in [6, 6.07) is 15.1. The maximum atomic E-state index is 14.0. The standard InChI is InChI=1S/C27H29N3O4S/c1-5-32-21-15-19(16-22(33-6-2)25(21)34-7-3)26(31)30(17-20-12-8-9-14-28-20)27-29-24-18(4)11-10-13-23(24)35-27/h8-16H,5-7,17H2,1-4H3. The van der Waals surface area contributed by atoms with Gasteiger partial charge in [-0.05, 0) is 63.6 Å². The Bertz CT molecular complexity index is 1280. The van der Waals surface area contributed by atoms with Gasteiger partial charge < -0.3 is 14.2 Å². The van der Waals surface area contributed by atoms with Crippen LogP contribution in [0.5, 0.6) is 17.2 Å². The molecule has 2 aromatic carbocycles. The molecule has 0 bridgehead atoms. The minimum atomic E-state index is -0.225. The van der Waals surface area contributed by atoms with Crippen molar-refractivity contribution < 1.29 is 19.0 Å². The zero-order chi connectivity index (χ0) is 24.8. The molecule has 2 aromatic heterocycles. The second kappa shape index (κ2) is 11.2. The van der Waals surface area contributed by atoms with Crippen molar-refractivity contribution in [1.82, 2.24) is 9.97 Å². The van der Waals surface area contributed by atoms with E-state index in [1.165, 1.54) is 11.3 Å². The Hall–Kier alpha value is -3.65. The highest BCUT2D eigenvalue weighted by Crippen LogP contribution is 2.40. The number of anilines is 1. The zero-order valence-electron chi connectivity index (χ0n) is 20.4. The number of carbonyl (C=O) groups excluding carboxylic acids is 1. The number of nitrogens with zero attached hydrogens (tertiary/aromatic N) is 3. The van der Waals surface area contributed by atoms with E-state index in [0.29, 0.717) is 47.8 Å². The molecule has 0 fully saturated rings. The Morgan fingerprint density at radius 1 is 0.943 bits per heavy atom. The predicted molar refractivity (Wildman–Crippen MR) is 139 cm³/mol. The smallest absolute Gasteiger partial charge is 0.260 e. The molecule has 35 heavy (non-hydrogen) atoms. The van der Waals surface area contributed by atoms with Gasteiger partial charge in [0.15, 0.2) is 16.6 Å². The number of rotatable bonds is 10. The molecule has 0 spiro atoms. The average Bonchev–Trinajstić information content (AvgIpc) is 3.30. The van der Waals surface area contributed by atoms with Crippen molar-refractivity contribution in [2.45, 2.75) is 34.2 Å². The number of ether oxygens (including phenoxy) is 3. The first-order chi connectivity index (χ1) is 17.0. The fourth-order valence-corrected chi connectivity index (χ4v) is 4.78. The van der Waals surface area contributed by atoms with Crippen LogP contribution in [0.4, 0.5) is 5.13 Å². The van der Waals surface area contributed by atoms with Gasteiger partial charge in [0.2, 0.25) is 5.75 Å². The largest absolute Gasteiger partial charge is 0.490 e. The first kappa shape index (κ1) is 24.5. The summed E-state index contributed by atoms with van der Waals surface area (Å²) in [7, 11) is 0. The molecule has 4 rings (SSSR count). The maximum Gasteiger partial charge on any atom is 0.260 e. The molecule has 0 aliphatic rings. The third-order valence-electron chi connectivity index (χ3n) is 5.29. The van der Waals surface area contributed by atoms with E-state index < -0.39 is 0 Å². The van der Waals surface area contributed by atoms with E-state index in [4.69, 9.17) is 19.2 Å². The summed E-state index contributed by atoms with van der Waals surface area (Å²) in [5.41, 5.74) is 3.14. The number of aryl methyl sites for hydroxylation is 1. The Morgan fingerprint density at radius 3 is 2.26 bits per heavy atom. The van der Waals surface area contributed by atoms with Gasteiger partial charge in [-0.3, -0.25) is 14.7 Å². The van der Waals surface area contributed by atoms with Crippen LogP contribution in [0, 0.1) is 6.92 Å². The summed E-state index contributed by atoms with van der Waals surface area (Å²) in [4.78, 5) is 24.9. The monoisotopic (exact) mass is 491 g/mol. The zero-order valence-corrected chi connectivity index (χ0v) is 21.2. The second-order valence-corrected chi connectivity index (χ2v) is 8.74. The van der Waals surface area contributed by atoms with Crippen molar-refractivity contribution in [2.24, 2.45) is 0 Å². The summed E-state index contributed by atoms with van der Waals surface area (Å²) >= 11 is 1.48. The lowest BCUT2D eigenvalue weighted by molar-refractivity contribution is 0.0983. The van der Waals surface area contributed by atoms with Crippen molar-refractivity contribution in [2.75, 3.05) is 24.7 Å². The molecule has 0 saturated carbocycles. The van der Waals surface area contributed by atoms with Crippen LogP contribution in [0.15, 0.2) is 54.7 Å². The van der Waals surface area contributed by atoms with Crippen molar-refractivity contribution >= 4 is 32.6 Å². The number of hydrogen-bond donors (Lipinski definition) is 0. The van der Waals surface area contributed by atoms with Crippen molar-refractivity contribution in [1.29, 1.82) is 0 Å². The summed E-state index contributed by atoms with van der Waals surface area (Å²) in [5.74, 6) is 1.22. The minimum Gasteiger partial charge on any atom is -0.490 e. The van der Waals surface area contributed by atoms with Gasteiger partial charge in [0.05, 0.1) is 42.3 Å². The number of carbonyl (C=O) groups is 1. The van der Waals surface area contributed by atoms with Crippen LogP contribution in [-0.2, 0) is 6.54 Å². The van der Waals surface area contributed by atoms with Gasteiger partial charge in [-0.15, -0.1) is 0 Å². The number of benzene rings is 2. The van der Waals surface area contributed by atoms with E-state index in [1.807, 2.05) is 64.1 Å².